The second kappa shape index (κ2) is 6.48. The second-order valence-corrected chi connectivity index (χ2v) is 6.21. The molecule has 114 valence electrons. The van der Waals surface area contributed by atoms with Crippen molar-refractivity contribution in [3.8, 4) is 0 Å². The Labute approximate surface area is 126 Å². The maximum absolute atomic E-state index is 12.0. The fourth-order valence-electron chi connectivity index (χ4n) is 3.03. The maximum Gasteiger partial charge on any atom is 0.253 e. The van der Waals surface area contributed by atoms with E-state index in [0.29, 0.717) is 6.61 Å². The summed E-state index contributed by atoms with van der Waals surface area (Å²) in [5.41, 5.74) is 2.10. The molecule has 2 saturated heterocycles. The van der Waals surface area contributed by atoms with Crippen LogP contribution in [0.3, 0.4) is 0 Å². The van der Waals surface area contributed by atoms with Crippen LogP contribution in [0.4, 0.5) is 11.4 Å². The third kappa shape index (κ3) is 3.56. The van der Waals surface area contributed by atoms with Crippen molar-refractivity contribution in [1.82, 2.24) is 0 Å². The van der Waals surface area contributed by atoms with E-state index in [4.69, 9.17) is 4.74 Å². The number of piperidine rings is 1. The molecule has 0 bridgehead atoms. The lowest BCUT2D eigenvalue weighted by molar-refractivity contribution is -0.124. The zero-order valence-corrected chi connectivity index (χ0v) is 12.7. The van der Waals surface area contributed by atoms with Crippen LogP contribution in [0.1, 0.15) is 32.6 Å². The molecule has 4 nitrogen and oxygen atoms in total. The Morgan fingerprint density at radius 3 is 2.52 bits per heavy atom. The molecule has 2 heterocycles. The normalized spacial score (nSPS) is 23.3. The largest absolute Gasteiger partial charge is 0.372 e. The van der Waals surface area contributed by atoms with Gasteiger partial charge in [-0.25, -0.2) is 0 Å². The number of hydrogen-bond donors (Lipinski definition) is 1. The lowest BCUT2D eigenvalue weighted by Crippen LogP contribution is -2.32. The maximum atomic E-state index is 12.0. The van der Waals surface area contributed by atoms with Crippen molar-refractivity contribution in [1.29, 1.82) is 0 Å². The van der Waals surface area contributed by atoms with Gasteiger partial charge in [0.1, 0.15) is 6.10 Å². The van der Waals surface area contributed by atoms with Crippen LogP contribution in [0, 0.1) is 5.92 Å². The van der Waals surface area contributed by atoms with Crippen LogP contribution in [0.5, 0.6) is 0 Å². The highest BCUT2D eigenvalue weighted by molar-refractivity contribution is 5.94. The minimum atomic E-state index is -0.270. The summed E-state index contributed by atoms with van der Waals surface area (Å²) < 4.78 is 5.40. The van der Waals surface area contributed by atoms with Crippen molar-refractivity contribution in [3.63, 3.8) is 0 Å². The van der Waals surface area contributed by atoms with Crippen LogP contribution in [-0.4, -0.2) is 31.7 Å². The molecule has 2 fully saturated rings. The average Bonchev–Trinajstić information content (AvgIpc) is 3.03. The van der Waals surface area contributed by atoms with Crippen LogP contribution < -0.4 is 10.2 Å². The summed E-state index contributed by atoms with van der Waals surface area (Å²) in [6, 6.07) is 8.17. The van der Waals surface area contributed by atoms with E-state index in [0.717, 1.165) is 37.5 Å². The number of nitrogens with zero attached hydrogens (tertiary/aromatic N) is 1. The molecule has 1 aromatic rings. The van der Waals surface area contributed by atoms with Gasteiger partial charge in [-0.15, -0.1) is 0 Å². The first-order valence-corrected chi connectivity index (χ1v) is 8.00. The zero-order valence-electron chi connectivity index (χ0n) is 12.7. The number of hydrogen-bond acceptors (Lipinski definition) is 3. The number of carbonyl (C=O) groups is 1. The number of nitrogens with one attached hydrogen (secondary N) is 1. The number of anilines is 2. The predicted octanol–water partition coefficient (Wildman–Crippen LogP) is 3.04. The Kier molecular flexibility index (Phi) is 4.44. The molecule has 0 radical (unpaired) electrons. The van der Waals surface area contributed by atoms with Crippen molar-refractivity contribution in [2.24, 2.45) is 5.92 Å². The number of rotatable bonds is 3. The Bertz CT molecular complexity index is 472. The number of carbonyl (C=O) groups excluding carboxylic acids is 1. The fraction of sp³-hybridized carbons (Fsp3) is 0.588. The van der Waals surface area contributed by atoms with E-state index in [-0.39, 0.29) is 12.0 Å². The van der Waals surface area contributed by atoms with Gasteiger partial charge in [-0.3, -0.25) is 4.79 Å². The van der Waals surface area contributed by atoms with Gasteiger partial charge in [-0.2, -0.15) is 0 Å². The van der Waals surface area contributed by atoms with Crippen molar-refractivity contribution in [2.75, 3.05) is 29.9 Å². The summed E-state index contributed by atoms with van der Waals surface area (Å²) >= 11 is 0. The Morgan fingerprint density at radius 2 is 1.90 bits per heavy atom. The van der Waals surface area contributed by atoms with Crippen LogP contribution in [0.15, 0.2) is 24.3 Å². The SMILES string of the molecule is CC1CCN(c2ccc(NC(=O)C3CCCO3)cc2)CC1. The van der Waals surface area contributed by atoms with E-state index >= 15 is 0 Å². The molecular formula is C17H24N2O2. The Hall–Kier alpha value is -1.55. The molecule has 1 N–H and O–H groups in total. The second-order valence-electron chi connectivity index (χ2n) is 6.21. The molecule has 0 saturated carbocycles. The molecule has 1 aromatic carbocycles. The number of ether oxygens (including phenoxy) is 1. The third-order valence-corrected chi connectivity index (χ3v) is 4.51. The van der Waals surface area contributed by atoms with Gasteiger partial charge in [0.05, 0.1) is 0 Å². The molecule has 1 unspecified atom stereocenters. The highest BCUT2D eigenvalue weighted by Crippen LogP contribution is 2.24. The molecular weight excluding hydrogens is 264 g/mol. The van der Waals surface area contributed by atoms with Gasteiger partial charge in [-0.05, 0) is 55.9 Å². The van der Waals surface area contributed by atoms with E-state index in [1.54, 1.807) is 0 Å². The Balaban J connectivity index is 1.57. The molecule has 1 amide bonds. The standard InChI is InChI=1S/C17H24N2O2/c1-13-8-10-19(11-9-13)15-6-4-14(5-7-15)18-17(20)16-3-2-12-21-16/h4-7,13,16H,2-3,8-12H2,1H3,(H,18,20). The molecule has 2 aliphatic rings. The minimum absolute atomic E-state index is 0.0213. The summed E-state index contributed by atoms with van der Waals surface area (Å²) in [6.07, 6.45) is 4.06. The van der Waals surface area contributed by atoms with Crippen LogP contribution in [0.2, 0.25) is 0 Å². The molecule has 2 aliphatic heterocycles. The topological polar surface area (TPSA) is 41.6 Å². The van der Waals surface area contributed by atoms with E-state index < -0.39 is 0 Å². The lowest BCUT2D eigenvalue weighted by atomic mass is 9.99. The number of benzene rings is 1. The average molecular weight is 288 g/mol. The summed E-state index contributed by atoms with van der Waals surface area (Å²) in [7, 11) is 0. The van der Waals surface area contributed by atoms with Crippen LogP contribution in [0.25, 0.3) is 0 Å². The minimum Gasteiger partial charge on any atom is -0.372 e. The van der Waals surface area contributed by atoms with Crippen molar-refractivity contribution >= 4 is 17.3 Å². The smallest absolute Gasteiger partial charge is 0.253 e. The van der Waals surface area contributed by atoms with Crippen LogP contribution >= 0.6 is 0 Å². The van der Waals surface area contributed by atoms with E-state index in [1.165, 1.54) is 18.5 Å². The zero-order chi connectivity index (χ0) is 14.7. The summed E-state index contributed by atoms with van der Waals surface area (Å²) in [5.74, 6) is 0.818. The highest BCUT2D eigenvalue weighted by atomic mass is 16.5. The first-order valence-electron chi connectivity index (χ1n) is 8.00. The fourth-order valence-corrected chi connectivity index (χ4v) is 3.03. The van der Waals surface area contributed by atoms with E-state index in [9.17, 15) is 4.79 Å². The summed E-state index contributed by atoms with van der Waals surface area (Å²) in [5, 5.41) is 2.94. The van der Waals surface area contributed by atoms with Gasteiger partial charge in [0.2, 0.25) is 0 Å². The van der Waals surface area contributed by atoms with Gasteiger partial charge in [-0.1, -0.05) is 6.92 Å². The lowest BCUT2D eigenvalue weighted by Gasteiger charge is -2.32. The number of amides is 1. The van der Waals surface area contributed by atoms with Gasteiger partial charge >= 0.3 is 0 Å². The van der Waals surface area contributed by atoms with Gasteiger partial charge in [0, 0.05) is 31.1 Å². The van der Waals surface area contributed by atoms with Gasteiger partial charge in [0.15, 0.2) is 0 Å². The van der Waals surface area contributed by atoms with Crippen molar-refractivity contribution < 1.29 is 9.53 Å². The first kappa shape index (κ1) is 14.4. The summed E-state index contributed by atoms with van der Waals surface area (Å²) in [6.45, 7) is 5.27. The molecule has 3 rings (SSSR count). The molecule has 21 heavy (non-hydrogen) atoms. The van der Waals surface area contributed by atoms with Crippen molar-refractivity contribution in [2.45, 2.75) is 38.7 Å². The predicted molar refractivity (Wildman–Crippen MR) is 84.7 cm³/mol. The summed E-state index contributed by atoms with van der Waals surface area (Å²) in [4.78, 5) is 14.4. The molecule has 1 atom stereocenters. The Morgan fingerprint density at radius 1 is 1.19 bits per heavy atom. The first-order chi connectivity index (χ1) is 10.2. The quantitative estimate of drug-likeness (QED) is 0.929. The monoisotopic (exact) mass is 288 g/mol. The van der Waals surface area contributed by atoms with E-state index in [1.807, 2.05) is 12.1 Å². The highest BCUT2D eigenvalue weighted by Gasteiger charge is 2.23. The van der Waals surface area contributed by atoms with Crippen molar-refractivity contribution in [3.05, 3.63) is 24.3 Å². The molecule has 0 aromatic heterocycles. The third-order valence-electron chi connectivity index (χ3n) is 4.51. The molecule has 4 heteroatoms. The van der Waals surface area contributed by atoms with Crippen LogP contribution in [-0.2, 0) is 9.53 Å². The van der Waals surface area contributed by atoms with Gasteiger partial charge in [0.25, 0.3) is 5.91 Å². The molecule has 0 aliphatic carbocycles. The van der Waals surface area contributed by atoms with E-state index in [2.05, 4.69) is 29.3 Å². The molecule has 0 spiro atoms. The van der Waals surface area contributed by atoms with Gasteiger partial charge < -0.3 is 15.0 Å².